The lowest BCUT2D eigenvalue weighted by atomic mass is 10.1. The molecule has 1 aromatic carbocycles. The van der Waals surface area contributed by atoms with E-state index in [1.54, 1.807) is 30.6 Å². The molecule has 0 aliphatic heterocycles. The molecule has 2 rings (SSSR count). The Kier molecular flexibility index (Phi) is 6.15. The molecule has 6 nitrogen and oxygen atoms in total. The molecule has 1 amide bonds. The number of hydrogen-bond acceptors (Lipinski definition) is 5. The Morgan fingerprint density at radius 2 is 2.17 bits per heavy atom. The van der Waals surface area contributed by atoms with E-state index in [0.717, 1.165) is 5.56 Å². The van der Waals surface area contributed by atoms with Gasteiger partial charge < -0.3 is 14.8 Å². The summed E-state index contributed by atoms with van der Waals surface area (Å²) in [5, 5.41) is 11.8. The van der Waals surface area contributed by atoms with Gasteiger partial charge in [-0.05, 0) is 37.6 Å². The Morgan fingerprint density at radius 1 is 1.33 bits per heavy atom. The van der Waals surface area contributed by atoms with Gasteiger partial charge in [-0.3, -0.25) is 9.78 Å². The van der Waals surface area contributed by atoms with Crippen molar-refractivity contribution in [1.82, 2.24) is 10.3 Å². The molecule has 0 radical (unpaired) electrons. The summed E-state index contributed by atoms with van der Waals surface area (Å²) < 4.78 is 11.0. The van der Waals surface area contributed by atoms with Crippen LogP contribution in [0.5, 0.6) is 11.5 Å². The molecule has 1 atom stereocenters. The molecule has 1 N–H and O–H groups in total. The average molecular weight is 325 g/mol. The Hall–Kier alpha value is -3.07. The molecular formula is C18H19N3O3. The minimum absolute atomic E-state index is 0.142. The zero-order valence-corrected chi connectivity index (χ0v) is 13.7. The summed E-state index contributed by atoms with van der Waals surface area (Å²) in [4.78, 5) is 16.1. The van der Waals surface area contributed by atoms with Gasteiger partial charge >= 0.3 is 0 Å². The van der Waals surface area contributed by atoms with Crippen molar-refractivity contribution in [3.63, 3.8) is 0 Å². The van der Waals surface area contributed by atoms with Crippen LogP contribution in [-0.2, 0) is 4.79 Å². The van der Waals surface area contributed by atoms with Crippen molar-refractivity contribution in [2.24, 2.45) is 0 Å². The molecule has 0 bridgehead atoms. The van der Waals surface area contributed by atoms with Gasteiger partial charge in [-0.1, -0.05) is 6.07 Å². The fourth-order valence-electron chi connectivity index (χ4n) is 2.11. The maximum Gasteiger partial charge on any atom is 0.258 e. The van der Waals surface area contributed by atoms with Gasteiger partial charge in [0.2, 0.25) is 0 Å². The Morgan fingerprint density at radius 3 is 2.83 bits per heavy atom. The number of amides is 1. The van der Waals surface area contributed by atoms with E-state index in [1.165, 1.54) is 0 Å². The predicted molar refractivity (Wildman–Crippen MR) is 88.6 cm³/mol. The molecule has 24 heavy (non-hydrogen) atoms. The highest BCUT2D eigenvalue weighted by Crippen LogP contribution is 2.28. The fourth-order valence-corrected chi connectivity index (χ4v) is 2.11. The van der Waals surface area contributed by atoms with Crippen LogP contribution in [0.15, 0.2) is 42.7 Å². The maximum atomic E-state index is 12.0. The number of nitrogens with zero attached hydrogens (tertiary/aromatic N) is 2. The summed E-state index contributed by atoms with van der Waals surface area (Å²) in [6.45, 7) is 4.01. The number of pyridine rings is 1. The molecule has 6 heteroatoms. The van der Waals surface area contributed by atoms with Gasteiger partial charge in [-0.2, -0.15) is 5.26 Å². The zero-order chi connectivity index (χ0) is 17.4. The highest BCUT2D eigenvalue weighted by atomic mass is 16.5. The summed E-state index contributed by atoms with van der Waals surface area (Å²) in [7, 11) is 0. The molecule has 1 unspecified atom stereocenters. The average Bonchev–Trinajstić information content (AvgIpc) is 2.61. The Labute approximate surface area is 141 Å². The first-order valence-electron chi connectivity index (χ1n) is 7.63. The van der Waals surface area contributed by atoms with Crippen molar-refractivity contribution < 1.29 is 14.3 Å². The van der Waals surface area contributed by atoms with Crippen LogP contribution in [0.25, 0.3) is 0 Å². The SMILES string of the molecule is CCOc1cc(C#N)ccc1OCC(=O)NC(C)c1cccnc1. The van der Waals surface area contributed by atoms with E-state index in [-0.39, 0.29) is 18.6 Å². The first-order valence-corrected chi connectivity index (χ1v) is 7.63. The van der Waals surface area contributed by atoms with Gasteiger partial charge in [0.1, 0.15) is 0 Å². The van der Waals surface area contributed by atoms with Gasteiger partial charge in [-0.15, -0.1) is 0 Å². The van der Waals surface area contributed by atoms with Crippen molar-refractivity contribution in [2.75, 3.05) is 13.2 Å². The van der Waals surface area contributed by atoms with Crippen LogP contribution in [0.1, 0.15) is 31.0 Å². The number of nitrogens with one attached hydrogen (secondary N) is 1. The van der Waals surface area contributed by atoms with Gasteiger partial charge in [0.15, 0.2) is 18.1 Å². The largest absolute Gasteiger partial charge is 0.490 e. The molecule has 2 aromatic rings. The van der Waals surface area contributed by atoms with Crippen LogP contribution in [-0.4, -0.2) is 24.1 Å². The maximum absolute atomic E-state index is 12.0. The first-order chi connectivity index (χ1) is 11.6. The highest BCUT2D eigenvalue weighted by Gasteiger charge is 2.12. The van der Waals surface area contributed by atoms with Crippen LogP contribution < -0.4 is 14.8 Å². The van der Waals surface area contributed by atoms with Gasteiger partial charge in [0.25, 0.3) is 5.91 Å². The minimum Gasteiger partial charge on any atom is -0.490 e. The Bertz CT molecular complexity index is 726. The lowest BCUT2D eigenvalue weighted by Gasteiger charge is -2.15. The number of rotatable bonds is 7. The summed E-state index contributed by atoms with van der Waals surface area (Å²) in [6.07, 6.45) is 3.39. The number of aromatic nitrogens is 1. The number of hydrogen-bond donors (Lipinski definition) is 1. The number of ether oxygens (including phenoxy) is 2. The predicted octanol–water partition coefficient (Wildman–Crippen LogP) is 2.61. The smallest absolute Gasteiger partial charge is 0.258 e. The van der Waals surface area contributed by atoms with Crippen molar-refractivity contribution in [3.8, 4) is 17.6 Å². The standard InChI is InChI=1S/C18H19N3O3/c1-3-23-17-9-14(10-19)6-7-16(17)24-12-18(22)21-13(2)15-5-4-8-20-11-15/h4-9,11,13H,3,12H2,1-2H3,(H,21,22). The van der Waals surface area contributed by atoms with E-state index in [4.69, 9.17) is 14.7 Å². The van der Waals surface area contributed by atoms with Crippen LogP contribution in [0.3, 0.4) is 0 Å². The number of benzene rings is 1. The monoisotopic (exact) mass is 325 g/mol. The van der Waals surface area contributed by atoms with Gasteiger partial charge in [0, 0.05) is 18.5 Å². The fraction of sp³-hybridized carbons (Fsp3) is 0.278. The van der Waals surface area contributed by atoms with Crippen molar-refractivity contribution in [2.45, 2.75) is 19.9 Å². The third kappa shape index (κ3) is 4.71. The summed E-state index contributed by atoms with van der Waals surface area (Å²) in [5.41, 5.74) is 1.39. The van der Waals surface area contributed by atoms with Crippen LogP contribution in [0.2, 0.25) is 0 Å². The van der Waals surface area contributed by atoms with Crippen LogP contribution in [0.4, 0.5) is 0 Å². The van der Waals surface area contributed by atoms with E-state index >= 15 is 0 Å². The number of carbonyl (C=O) groups is 1. The van der Waals surface area contributed by atoms with E-state index in [9.17, 15) is 4.79 Å². The van der Waals surface area contributed by atoms with Crippen LogP contribution in [0, 0.1) is 11.3 Å². The molecule has 0 aliphatic carbocycles. The second kappa shape index (κ2) is 8.53. The highest BCUT2D eigenvalue weighted by molar-refractivity contribution is 5.78. The Balaban J connectivity index is 1.95. The van der Waals surface area contributed by atoms with Gasteiger partial charge in [-0.25, -0.2) is 0 Å². The second-order valence-electron chi connectivity index (χ2n) is 5.07. The summed E-state index contributed by atoms with van der Waals surface area (Å²) in [6, 6.07) is 10.4. The lowest BCUT2D eigenvalue weighted by Crippen LogP contribution is -2.31. The molecule has 0 saturated heterocycles. The van der Waals surface area contributed by atoms with E-state index in [1.807, 2.05) is 32.0 Å². The van der Waals surface area contributed by atoms with Gasteiger partial charge in [0.05, 0.1) is 24.3 Å². The zero-order valence-electron chi connectivity index (χ0n) is 13.7. The quantitative estimate of drug-likeness (QED) is 0.846. The first kappa shape index (κ1) is 17.3. The molecule has 0 fully saturated rings. The molecular weight excluding hydrogens is 306 g/mol. The lowest BCUT2D eigenvalue weighted by molar-refractivity contribution is -0.123. The van der Waals surface area contributed by atoms with Crippen molar-refractivity contribution in [3.05, 3.63) is 53.9 Å². The normalized spacial score (nSPS) is 11.2. The molecule has 1 aromatic heterocycles. The minimum atomic E-state index is -0.252. The van der Waals surface area contributed by atoms with E-state index < -0.39 is 0 Å². The molecule has 124 valence electrons. The summed E-state index contributed by atoms with van der Waals surface area (Å²) in [5.74, 6) is 0.628. The second-order valence-corrected chi connectivity index (χ2v) is 5.07. The van der Waals surface area contributed by atoms with Crippen molar-refractivity contribution >= 4 is 5.91 Å². The molecule has 0 spiro atoms. The van der Waals surface area contributed by atoms with E-state index in [0.29, 0.717) is 23.7 Å². The molecule has 0 saturated carbocycles. The third-order valence-electron chi connectivity index (χ3n) is 3.29. The molecule has 1 heterocycles. The number of nitriles is 1. The van der Waals surface area contributed by atoms with E-state index in [2.05, 4.69) is 10.3 Å². The molecule has 0 aliphatic rings. The van der Waals surface area contributed by atoms with Crippen molar-refractivity contribution in [1.29, 1.82) is 5.26 Å². The topological polar surface area (TPSA) is 84.2 Å². The number of carbonyl (C=O) groups excluding carboxylic acids is 1. The third-order valence-corrected chi connectivity index (χ3v) is 3.29. The van der Waals surface area contributed by atoms with Crippen LogP contribution >= 0.6 is 0 Å². The summed E-state index contributed by atoms with van der Waals surface area (Å²) >= 11 is 0.